The normalized spacial score (nSPS) is 19.6. The van der Waals surface area contributed by atoms with Crippen LogP contribution in [0.3, 0.4) is 0 Å². The fourth-order valence-electron chi connectivity index (χ4n) is 8.57. The summed E-state index contributed by atoms with van der Waals surface area (Å²) in [5.74, 6) is 0.892. The Balaban J connectivity index is 1.24. The topological polar surface area (TPSA) is 102 Å². The van der Waals surface area contributed by atoms with Crippen molar-refractivity contribution in [2.45, 2.75) is 109 Å². The number of piperidine rings is 1. The summed E-state index contributed by atoms with van der Waals surface area (Å²) in [5.41, 5.74) is 5.90. The lowest BCUT2D eigenvalue weighted by atomic mass is 9.66. The molecule has 1 unspecified atom stereocenters. The van der Waals surface area contributed by atoms with Crippen molar-refractivity contribution in [1.82, 2.24) is 34.9 Å². The molecule has 1 atom stereocenters. The first-order valence-corrected chi connectivity index (χ1v) is 17.7. The summed E-state index contributed by atoms with van der Waals surface area (Å²) in [6.45, 7) is 4.80. The molecule has 2 aromatic carbocycles. The molecule has 9 heteroatoms. The summed E-state index contributed by atoms with van der Waals surface area (Å²) in [5, 5.41) is 14.7. The number of H-pyrrole nitrogens is 1. The van der Waals surface area contributed by atoms with E-state index < -0.39 is 5.41 Å². The first kappa shape index (κ1) is 30.6. The molecule has 0 spiro atoms. The molecule has 7 rings (SSSR count). The highest BCUT2D eigenvalue weighted by atomic mass is 16.2. The number of likely N-dealkylation sites (tertiary alicyclic amines) is 1. The van der Waals surface area contributed by atoms with Gasteiger partial charge in [-0.05, 0) is 79.7 Å². The van der Waals surface area contributed by atoms with E-state index in [4.69, 9.17) is 0 Å². The van der Waals surface area contributed by atoms with Crippen LogP contribution in [0.5, 0.6) is 0 Å². The van der Waals surface area contributed by atoms with E-state index >= 15 is 0 Å². The SMILES string of the molecule is CCCCc1c(Cc2ccc(-c3ccccc3-c3nn[nH]n3)cc2)c(=O)n2n1CCCC2C1(C(=O)N2CCCCC2)CCCCC1. The number of benzene rings is 2. The summed E-state index contributed by atoms with van der Waals surface area (Å²) in [4.78, 5) is 31.3. The summed E-state index contributed by atoms with van der Waals surface area (Å²) >= 11 is 0. The standard InChI is InChI=1S/C37H47N7O2/c1-2-3-15-32-31(26-27-17-19-28(20-18-27)29-13-6-7-14-30(29)34-38-40-41-39-34)35(45)44-33(16-12-25-43(32)44)37(21-8-4-9-22-37)36(46)42-23-10-5-11-24-42/h6-7,13-14,17-20,33H,2-5,8-12,15-16,21-26H2,1H3,(H,38,39,40,41). The average Bonchev–Trinajstić information content (AvgIpc) is 3.75. The van der Waals surface area contributed by atoms with Gasteiger partial charge in [0, 0.05) is 42.9 Å². The van der Waals surface area contributed by atoms with E-state index in [2.05, 4.69) is 72.1 Å². The number of nitrogens with one attached hydrogen (secondary N) is 1. The van der Waals surface area contributed by atoms with E-state index in [1.807, 2.05) is 18.2 Å². The molecule has 1 amide bonds. The van der Waals surface area contributed by atoms with Gasteiger partial charge in [0.05, 0.1) is 11.5 Å². The van der Waals surface area contributed by atoms with Gasteiger partial charge in [-0.3, -0.25) is 14.3 Å². The highest BCUT2D eigenvalue weighted by molar-refractivity contribution is 5.84. The van der Waals surface area contributed by atoms with Gasteiger partial charge in [0.15, 0.2) is 0 Å². The fourth-order valence-corrected chi connectivity index (χ4v) is 8.57. The van der Waals surface area contributed by atoms with Gasteiger partial charge < -0.3 is 4.90 Å². The number of aromatic nitrogens is 6. The molecule has 1 aliphatic carbocycles. The molecule has 2 aromatic heterocycles. The van der Waals surface area contributed by atoms with E-state index in [9.17, 15) is 9.59 Å². The summed E-state index contributed by atoms with van der Waals surface area (Å²) in [7, 11) is 0. The van der Waals surface area contributed by atoms with Gasteiger partial charge in [-0.1, -0.05) is 81.1 Å². The van der Waals surface area contributed by atoms with E-state index in [0.717, 1.165) is 118 Å². The molecule has 4 heterocycles. The minimum Gasteiger partial charge on any atom is -0.342 e. The zero-order chi connectivity index (χ0) is 31.5. The zero-order valence-corrected chi connectivity index (χ0v) is 27.2. The summed E-state index contributed by atoms with van der Waals surface area (Å²) in [6.07, 6.45) is 14.1. The molecular formula is C37H47N7O2. The monoisotopic (exact) mass is 621 g/mol. The average molecular weight is 622 g/mol. The molecule has 3 aliphatic rings. The second-order valence-corrected chi connectivity index (χ2v) is 13.7. The van der Waals surface area contributed by atoms with Crippen molar-refractivity contribution in [1.29, 1.82) is 0 Å². The third-order valence-corrected chi connectivity index (χ3v) is 10.9. The lowest BCUT2D eigenvalue weighted by molar-refractivity contribution is -0.150. The maximum absolute atomic E-state index is 14.7. The minimum absolute atomic E-state index is 0.0679. The van der Waals surface area contributed by atoms with Crippen LogP contribution in [-0.2, 0) is 24.2 Å². The summed E-state index contributed by atoms with van der Waals surface area (Å²) in [6, 6.07) is 16.6. The number of rotatable bonds is 9. The number of hydrogen-bond acceptors (Lipinski definition) is 5. The second kappa shape index (κ2) is 13.4. The van der Waals surface area contributed by atoms with E-state index in [1.54, 1.807) is 0 Å². The Kier molecular flexibility index (Phi) is 8.91. The van der Waals surface area contributed by atoms with Crippen molar-refractivity contribution in [3.63, 3.8) is 0 Å². The smallest absolute Gasteiger partial charge is 0.270 e. The first-order chi connectivity index (χ1) is 22.6. The highest BCUT2D eigenvalue weighted by Gasteiger charge is 2.51. The molecule has 2 aliphatic heterocycles. The number of carbonyl (C=O) groups excluding carboxylic acids is 1. The van der Waals surface area contributed by atoms with Crippen molar-refractivity contribution in [2.24, 2.45) is 5.41 Å². The predicted octanol–water partition coefficient (Wildman–Crippen LogP) is 6.73. The van der Waals surface area contributed by atoms with E-state index in [0.29, 0.717) is 18.2 Å². The van der Waals surface area contributed by atoms with Crippen LogP contribution in [-0.4, -0.2) is 53.9 Å². The maximum atomic E-state index is 14.7. The predicted molar refractivity (Wildman–Crippen MR) is 179 cm³/mol. The Morgan fingerprint density at radius 3 is 2.37 bits per heavy atom. The lowest BCUT2D eigenvalue weighted by Crippen LogP contribution is -2.53. The number of aromatic amines is 1. The van der Waals surface area contributed by atoms with Crippen LogP contribution >= 0.6 is 0 Å². The van der Waals surface area contributed by atoms with Gasteiger partial charge in [-0.25, -0.2) is 4.68 Å². The second-order valence-electron chi connectivity index (χ2n) is 13.7. The number of hydrogen-bond donors (Lipinski definition) is 1. The van der Waals surface area contributed by atoms with Crippen LogP contribution in [0.1, 0.15) is 107 Å². The summed E-state index contributed by atoms with van der Waals surface area (Å²) < 4.78 is 4.41. The van der Waals surface area contributed by atoms with Crippen LogP contribution in [0.15, 0.2) is 53.3 Å². The molecule has 1 N–H and O–H groups in total. The number of amides is 1. The number of carbonyl (C=O) groups is 1. The molecule has 1 saturated carbocycles. The molecule has 9 nitrogen and oxygen atoms in total. The van der Waals surface area contributed by atoms with Gasteiger partial charge in [-0.15, -0.1) is 10.2 Å². The molecule has 2 fully saturated rings. The largest absolute Gasteiger partial charge is 0.342 e. The zero-order valence-electron chi connectivity index (χ0n) is 27.2. The van der Waals surface area contributed by atoms with Crippen molar-refractivity contribution in [3.05, 3.63) is 75.7 Å². The van der Waals surface area contributed by atoms with Crippen LogP contribution < -0.4 is 5.56 Å². The molecule has 4 aromatic rings. The molecule has 0 bridgehead atoms. The van der Waals surface area contributed by atoms with Gasteiger partial charge in [-0.2, -0.15) is 5.21 Å². The quantitative estimate of drug-likeness (QED) is 0.223. The lowest BCUT2D eigenvalue weighted by Gasteiger charge is -2.47. The number of nitrogens with zero attached hydrogens (tertiary/aromatic N) is 6. The molecule has 0 radical (unpaired) electrons. The Morgan fingerprint density at radius 2 is 1.65 bits per heavy atom. The number of unbranched alkanes of at least 4 members (excludes halogenated alkanes) is 1. The van der Waals surface area contributed by atoms with Gasteiger partial charge >= 0.3 is 0 Å². The van der Waals surface area contributed by atoms with Crippen molar-refractivity contribution in [2.75, 3.05) is 13.1 Å². The Hall–Kier alpha value is -4.01. The fraction of sp³-hybridized carbons (Fsp3) is 0.541. The van der Waals surface area contributed by atoms with Crippen LogP contribution in [0.25, 0.3) is 22.5 Å². The molecular weight excluding hydrogens is 574 g/mol. The van der Waals surface area contributed by atoms with Crippen molar-refractivity contribution >= 4 is 5.91 Å². The molecule has 46 heavy (non-hydrogen) atoms. The molecule has 242 valence electrons. The first-order valence-electron chi connectivity index (χ1n) is 17.7. The molecule has 1 saturated heterocycles. The van der Waals surface area contributed by atoms with Crippen LogP contribution in [0.4, 0.5) is 0 Å². The van der Waals surface area contributed by atoms with E-state index in [-0.39, 0.29) is 11.6 Å². The van der Waals surface area contributed by atoms with Crippen molar-refractivity contribution in [3.8, 4) is 22.5 Å². The number of tetrazole rings is 1. The van der Waals surface area contributed by atoms with Gasteiger partial charge in [0.25, 0.3) is 5.56 Å². The third-order valence-electron chi connectivity index (χ3n) is 10.9. The van der Waals surface area contributed by atoms with E-state index in [1.165, 1.54) is 18.5 Å². The Bertz CT molecular complexity index is 1690. The third kappa shape index (κ3) is 5.62. The van der Waals surface area contributed by atoms with Crippen LogP contribution in [0, 0.1) is 5.41 Å². The highest BCUT2D eigenvalue weighted by Crippen LogP contribution is 2.50. The van der Waals surface area contributed by atoms with Crippen molar-refractivity contribution < 1.29 is 4.79 Å². The number of fused-ring (bicyclic) bond motifs is 1. The van der Waals surface area contributed by atoms with Crippen LogP contribution in [0.2, 0.25) is 0 Å². The Labute approximate surface area is 271 Å². The Morgan fingerprint density at radius 1 is 0.913 bits per heavy atom. The maximum Gasteiger partial charge on any atom is 0.270 e. The van der Waals surface area contributed by atoms with Gasteiger partial charge in [0.1, 0.15) is 0 Å². The van der Waals surface area contributed by atoms with Gasteiger partial charge in [0.2, 0.25) is 11.7 Å². The minimum atomic E-state index is -0.469.